The fourth-order valence-corrected chi connectivity index (χ4v) is 2.83. The van der Waals surface area contributed by atoms with Gasteiger partial charge in [0.15, 0.2) is 0 Å². The van der Waals surface area contributed by atoms with E-state index in [1.54, 1.807) is 23.1 Å². The van der Waals surface area contributed by atoms with Gasteiger partial charge in [0.2, 0.25) is 0 Å². The van der Waals surface area contributed by atoms with Crippen molar-refractivity contribution in [3.8, 4) is 10.6 Å². The topological polar surface area (TPSA) is 38.9 Å². The quantitative estimate of drug-likeness (QED) is 0.850. The zero-order valence-electron chi connectivity index (χ0n) is 10.0. The first-order valence-corrected chi connectivity index (χ1v) is 7.70. The van der Waals surface area contributed by atoms with E-state index in [1.165, 1.54) is 10.5 Å². The summed E-state index contributed by atoms with van der Waals surface area (Å²) in [5, 5.41) is 3.11. The number of rotatable bonds is 4. The van der Waals surface area contributed by atoms with Crippen LogP contribution in [0.1, 0.15) is 25.1 Å². The maximum Gasteiger partial charge on any atom is 0.123 e. The van der Waals surface area contributed by atoms with Crippen LogP contribution in [0, 0.1) is 0 Å². The first kappa shape index (κ1) is 12.6. The van der Waals surface area contributed by atoms with Crippen LogP contribution in [-0.4, -0.2) is 11.2 Å². The van der Waals surface area contributed by atoms with E-state index in [0.29, 0.717) is 0 Å². The highest BCUT2D eigenvalue weighted by atomic mass is 32.2. The lowest BCUT2D eigenvalue weighted by atomic mass is 10.2. The van der Waals surface area contributed by atoms with Crippen LogP contribution >= 0.6 is 23.1 Å². The highest BCUT2D eigenvalue weighted by molar-refractivity contribution is 7.98. The zero-order valence-corrected chi connectivity index (χ0v) is 11.6. The van der Waals surface area contributed by atoms with Crippen LogP contribution in [-0.2, 0) is 0 Å². The maximum absolute atomic E-state index is 5.97. The van der Waals surface area contributed by atoms with Crippen LogP contribution in [0.25, 0.3) is 10.6 Å². The van der Waals surface area contributed by atoms with Crippen molar-refractivity contribution in [1.29, 1.82) is 0 Å². The van der Waals surface area contributed by atoms with E-state index in [4.69, 9.17) is 5.73 Å². The average molecular weight is 264 g/mol. The summed E-state index contributed by atoms with van der Waals surface area (Å²) in [6, 6.07) is 8.55. The molecule has 0 aliphatic heterocycles. The monoisotopic (exact) mass is 264 g/mol. The Labute approximate surface area is 110 Å². The van der Waals surface area contributed by atoms with Crippen molar-refractivity contribution in [2.24, 2.45) is 5.73 Å². The second kappa shape index (κ2) is 5.67. The van der Waals surface area contributed by atoms with Gasteiger partial charge in [-0.2, -0.15) is 0 Å². The lowest BCUT2D eigenvalue weighted by Crippen LogP contribution is -2.08. The SMILES string of the molecule is CCC(N)c1csc(-c2ccc(SC)cc2)n1. The van der Waals surface area contributed by atoms with E-state index in [-0.39, 0.29) is 6.04 Å². The largest absolute Gasteiger partial charge is 0.323 e. The summed E-state index contributed by atoms with van der Waals surface area (Å²) in [6.07, 6.45) is 3.01. The molecule has 1 heterocycles. The van der Waals surface area contributed by atoms with Gasteiger partial charge >= 0.3 is 0 Å². The second-order valence-corrected chi connectivity index (χ2v) is 5.56. The zero-order chi connectivity index (χ0) is 12.3. The third-order valence-corrected chi connectivity index (χ3v) is 4.33. The Balaban J connectivity index is 2.24. The summed E-state index contributed by atoms with van der Waals surface area (Å²) in [5.41, 5.74) is 8.14. The summed E-state index contributed by atoms with van der Waals surface area (Å²) >= 11 is 3.41. The molecule has 1 unspecified atom stereocenters. The van der Waals surface area contributed by atoms with Gasteiger partial charge in [-0.3, -0.25) is 0 Å². The molecule has 2 aromatic rings. The molecule has 0 aliphatic carbocycles. The number of hydrogen-bond donors (Lipinski definition) is 1. The lowest BCUT2D eigenvalue weighted by molar-refractivity contribution is 0.681. The molecule has 2 nitrogen and oxygen atoms in total. The number of thiazole rings is 1. The van der Waals surface area contributed by atoms with Crippen molar-refractivity contribution in [1.82, 2.24) is 4.98 Å². The van der Waals surface area contributed by atoms with Gasteiger partial charge in [0.05, 0.1) is 5.69 Å². The van der Waals surface area contributed by atoms with Crippen molar-refractivity contribution in [2.45, 2.75) is 24.3 Å². The number of hydrogen-bond acceptors (Lipinski definition) is 4. The predicted molar refractivity (Wildman–Crippen MR) is 76.6 cm³/mol. The normalized spacial score (nSPS) is 12.6. The summed E-state index contributed by atoms with van der Waals surface area (Å²) in [7, 11) is 0. The molecule has 0 aliphatic rings. The van der Waals surface area contributed by atoms with Crippen LogP contribution in [0.4, 0.5) is 0 Å². The summed E-state index contributed by atoms with van der Waals surface area (Å²) < 4.78 is 0. The Morgan fingerprint density at radius 3 is 2.65 bits per heavy atom. The number of nitrogens with two attached hydrogens (primary N) is 1. The molecule has 17 heavy (non-hydrogen) atoms. The minimum Gasteiger partial charge on any atom is -0.323 e. The van der Waals surface area contributed by atoms with Gasteiger partial charge in [-0.25, -0.2) is 4.98 Å². The van der Waals surface area contributed by atoms with Crippen LogP contribution < -0.4 is 5.73 Å². The molecule has 1 aromatic heterocycles. The van der Waals surface area contributed by atoms with Crippen LogP contribution in [0.15, 0.2) is 34.5 Å². The average Bonchev–Trinajstić information content (AvgIpc) is 2.87. The fraction of sp³-hybridized carbons (Fsp3) is 0.308. The van der Waals surface area contributed by atoms with Crippen molar-refractivity contribution < 1.29 is 0 Å². The third-order valence-electron chi connectivity index (χ3n) is 2.68. The smallest absolute Gasteiger partial charge is 0.123 e. The Morgan fingerprint density at radius 1 is 1.35 bits per heavy atom. The standard InChI is InChI=1S/C13H16N2S2/c1-3-11(14)12-8-17-13(15-12)9-4-6-10(16-2)7-5-9/h4-8,11H,3,14H2,1-2H3. The maximum atomic E-state index is 5.97. The molecular formula is C13H16N2S2. The highest BCUT2D eigenvalue weighted by Crippen LogP contribution is 2.27. The molecular weight excluding hydrogens is 248 g/mol. The van der Waals surface area contributed by atoms with Gasteiger partial charge in [0.1, 0.15) is 5.01 Å². The molecule has 2 N–H and O–H groups in total. The lowest BCUT2D eigenvalue weighted by Gasteiger charge is -2.03. The first-order chi connectivity index (χ1) is 8.24. The highest BCUT2D eigenvalue weighted by Gasteiger charge is 2.09. The second-order valence-electron chi connectivity index (χ2n) is 3.82. The van der Waals surface area contributed by atoms with Crippen LogP contribution in [0.3, 0.4) is 0 Å². The van der Waals surface area contributed by atoms with Crippen LogP contribution in [0.5, 0.6) is 0 Å². The molecule has 0 saturated heterocycles. The minimum absolute atomic E-state index is 0.0606. The molecule has 0 bridgehead atoms. The number of benzene rings is 1. The van der Waals surface area contributed by atoms with Gasteiger partial charge in [0.25, 0.3) is 0 Å². The van der Waals surface area contributed by atoms with E-state index in [9.17, 15) is 0 Å². The fourth-order valence-electron chi connectivity index (χ4n) is 1.53. The summed E-state index contributed by atoms with van der Waals surface area (Å²) in [5.74, 6) is 0. The van der Waals surface area contributed by atoms with Gasteiger partial charge in [-0.1, -0.05) is 19.1 Å². The van der Waals surface area contributed by atoms with Crippen molar-refractivity contribution in [2.75, 3.05) is 6.26 Å². The molecule has 1 atom stereocenters. The molecule has 0 spiro atoms. The van der Waals surface area contributed by atoms with Gasteiger partial charge < -0.3 is 5.73 Å². The number of aromatic nitrogens is 1. The molecule has 4 heteroatoms. The Bertz CT molecular complexity index is 476. The molecule has 0 radical (unpaired) electrons. The summed E-state index contributed by atoms with van der Waals surface area (Å²) in [6.45, 7) is 2.08. The molecule has 0 fully saturated rings. The Kier molecular flexibility index (Phi) is 4.20. The van der Waals surface area contributed by atoms with E-state index < -0.39 is 0 Å². The molecule has 90 valence electrons. The number of nitrogens with zero attached hydrogens (tertiary/aromatic N) is 1. The van der Waals surface area contributed by atoms with Gasteiger partial charge in [0, 0.05) is 21.9 Å². The first-order valence-electron chi connectivity index (χ1n) is 5.60. The summed E-state index contributed by atoms with van der Waals surface area (Å²) in [4.78, 5) is 5.87. The van der Waals surface area contributed by atoms with E-state index in [1.807, 2.05) is 0 Å². The van der Waals surface area contributed by atoms with Crippen molar-refractivity contribution in [3.63, 3.8) is 0 Å². The molecule has 1 aromatic carbocycles. The molecule has 2 rings (SSSR count). The van der Waals surface area contributed by atoms with E-state index in [0.717, 1.165) is 17.1 Å². The van der Waals surface area contributed by atoms with Crippen LogP contribution in [0.2, 0.25) is 0 Å². The van der Waals surface area contributed by atoms with Crippen molar-refractivity contribution >= 4 is 23.1 Å². The molecule has 0 amide bonds. The van der Waals surface area contributed by atoms with Gasteiger partial charge in [-0.05, 0) is 24.8 Å². The molecule has 0 saturated carbocycles. The predicted octanol–water partition coefficient (Wildman–Crippen LogP) is 3.94. The van der Waals surface area contributed by atoms with Crippen molar-refractivity contribution in [3.05, 3.63) is 35.3 Å². The van der Waals surface area contributed by atoms with Gasteiger partial charge in [-0.15, -0.1) is 23.1 Å². The van der Waals surface area contributed by atoms with E-state index in [2.05, 4.69) is 47.8 Å². The third kappa shape index (κ3) is 2.89. The minimum atomic E-state index is 0.0606. The Morgan fingerprint density at radius 2 is 2.06 bits per heavy atom. The van der Waals surface area contributed by atoms with E-state index >= 15 is 0 Å². The number of thioether (sulfide) groups is 1. The Hall–Kier alpha value is -0.840.